The molecule has 6 nitrogen and oxygen atoms in total. The quantitative estimate of drug-likeness (QED) is 0.711. The predicted octanol–water partition coefficient (Wildman–Crippen LogP) is 3.13. The lowest BCUT2D eigenvalue weighted by atomic mass is 9.86. The van der Waals surface area contributed by atoms with E-state index in [-0.39, 0.29) is 12.0 Å². The van der Waals surface area contributed by atoms with E-state index in [0.29, 0.717) is 44.3 Å². The fourth-order valence-electron chi connectivity index (χ4n) is 6.17. The highest BCUT2D eigenvalue weighted by Crippen LogP contribution is 2.29. The van der Waals surface area contributed by atoms with Crippen molar-refractivity contribution in [3.05, 3.63) is 48.0 Å². The van der Waals surface area contributed by atoms with Gasteiger partial charge in [0, 0.05) is 51.7 Å². The van der Waals surface area contributed by atoms with Crippen LogP contribution in [-0.2, 0) is 16.1 Å². The molecule has 0 saturated carbocycles. The molecule has 184 valence electrons. The lowest BCUT2D eigenvalue weighted by Gasteiger charge is -2.45. The van der Waals surface area contributed by atoms with E-state index in [4.69, 9.17) is 4.74 Å². The Kier molecular flexibility index (Phi) is 7.80. The molecule has 1 amide bonds. The van der Waals surface area contributed by atoms with Gasteiger partial charge in [-0.05, 0) is 54.5 Å². The van der Waals surface area contributed by atoms with E-state index < -0.39 is 0 Å². The number of benzene rings is 2. The largest absolute Gasteiger partial charge is 0.393 e. The average molecular weight is 466 g/mol. The second-order valence-electron chi connectivity index (χ2n) is 10.3. The van der Waals surface area contributed by atoms with E-state index in [2.05, 4.69) is 52.3 Å². The van der Waals surface area contributed by atoms with Crippen molar-refractivity contribution in [3.8, 4) is 0 Å². The second kappa shape index (κ2) is 11.2. The number of ether oxygens (including phenoxy) is 1. The number of carbonyl (C=O) groups excluding carboxylic acids is 1. The van der Waals surface area contributed by atoms with Crippen LogP contribution >= 0.6 is 0 Å². The molecule has 3 fully saturated rings. The summed E-state index contributed by atoms with van der Waals surface area (Å²) in [5.74, 6) is 0.750. The summed E-state index contributed by atoms with van der Waals surface area (Å²) in [6.45, 7) is 8.14. The van der Waals surface area contributed by atoms with E-state index in [1.165, 1.54) is 16.3 Å². The van der Waals surface area contributed by atoms with Gasteiger partial charge in [0.2, 0.25) is 5.91 Å². The number of likely N-dealkylation sites (tertiary alicyclic amines) is 2. The number of hydrogen-bond acceptors (Lipinski definition) is 5. The summed E-state index contributed by atoms with van der Waals surface area (Å²) in [7, 11) is 0. The van der Waals surface area contributed by atoms with Crippen molar-refractivity contribution in [2.24, 2.45) is 5.92 Å². The molecule has 3 saturated heterocycles. The second-order valence-corrected chi connectivity index (χ2v) is 10.3. The summed E-state index contributed by atoms with van der Waals surface area (Å²) in [5.41, 5.74) is 1.39. The van der Waals surface area contributed by atoms with Crippen molar-refractivity contribution >= 4 is 16.7 Å². The normalized spacial score (nSPS) is 25.6. The predicted molar refractivity (Wildman–Crippen MR) is 135 cm³/mol. The SMILES string of the molecule is O=C(CC[C@@H]1CN(Cc2cccc3ccccc23)CC[C@@H]1N1CCOCC1)N1CCC(O)CC1. The summed E-state index contributed by atoms with van der Waals surface area (Å²) < 4.78 is 5.62. The number of aliphatic hydroxyl groups excluding tert-OH is 1. The minimum absolute atomic E-state index is 0.240. The molecule has 3 heterocycles. The zero-order valence-electron chi connectivity index (χ0n) is 20.3. The fraction of sp³-hybridized carbons (Fsp3) is 0.607. The number of carbonyl (C=O) groups is 1. The van der Waals surface area contributed by atoms with Crippen molar-refractivity contribution in [2.75, 3.05) is 52.5 Å². The Morgan fingerprint density at radius 1 is 0.941 bits per heavy atom. The van der Waals surface area contributed by atoms with Gasteiger partial charge in [-0.1, -0.05) is 42.5 Å². The molecule has 6 heteroatoms. The van der Waals surface area contributed by atoms with Crippen LogP contribution in [0.15, 0.2) is 42.5 Å². The Balaban J connectivity index is 1.25. The van der Waals surface area contributed by atoms with Crippen molar-refractivity contribution in [3.63, 3.8) is 0 Å². The average Bonchev–Trinajstić information content (AvgIpc) is 2.88. The van der Waals surface area contributed by atoms with Crippen LogP contribution in [0.25, 0.3) is 10.8 Å². The number of rotatable bonds is 6. The molecule has 34 heavy (non-hydrogen) atoms. The smallest absolute Gasteiger partial charge is 0.222 e. The van der Waals surface area contributed by atoms with Crippen molar-refractivity contribution in [1.82, 2.24) is 14.7 Å². The van der Waals surface area contributed by atoms with Gasteiger partial charge in [0.1, 0.15) is 0 Å². The Bertz CT molecular complexity index is 948. The van der Waals surface area contributed by atoms with Crippen LogP contribution in [0.4, 0.5) is 0 Å². The Labute approximate surface area is 203 Å². The number of fused-ring (bicyclic) bond motifs is 1. The van der Waals surface area contributed by atoms with Crippen LogP contribution in [0.2, 0.25) is 0 Å². The van der Waals surface area contributed by atoms with Gasteiger partial charge in [0.15, 0.2) is 0 Å². The van der Waals surface area contributed by atoms with Gasteiger partial charge in [-0.15, -0.1) is 0 Å². The summed E-state index contributed by atoms with van der Waals surface area (Å²) in [6.07, 6.45) is 3.89. The fourth-order valence-corrected chi connectivity index (χ4v) is 6.17. The van der Waals surface area contributed by atoms with E-state index in [1.54, 1.807) is 0 Å². The van der Waals surface area contributed by atoms with E-state index in [9.17, 15) is 9.90 Å². The number of morpholine rings is 1. The molecule has 0 unspecified atom stereocenters. The maximum absolute atomic E-state index is 12.9. The number of amides is 1. The number of piperidine rings is 2. The third-order valence-electron chi connectivity index (χ3n) is 8.11. The summed E-state index contributed by atoms with van der Waals surface area (Å²) in [5, 5.41) is 12.4. The van der Waals surface area contributed by atoms with Gasteiger partial charge in [-0.2, -0.15) is 0 Å². The molecule has 3 aliphatic rings. The molecule has 2 atom stereocenters. The molecular weight excluding hydrogens is 426 g/mol. The number of hydrogen-bond donors (Lipinski definition) is 1. The molecule has 1 N–H and O–H groups in total. The lowest BCUT2D eigenvalue weighted by Crippen LogP contribution is -2.54. The maximum atomic E-state index is 12.9. The zero-order valence-corrected chi connectivity index (χ0v) is 20.3. The highest BCUT2D eigenvalue weighted by Gasteiger charge is 2.34. The van der Waals surface area contributed by atoms with Crippen LogP contribution in [0.1, 0.15) is 37.7 Å². The molecule has 0 bridgehead atoms. The molecular formula is C28H39N3O3. The first kappa shape index (κ1) is 23.7. The Morgan fingerprint density at radius 2 is 1.71 bits per heavy atom. The number of nitrogens with zero attached hydrogens (tertiary/aromatic N) is 3. The molecule has 3 aliphatic heterocycles. The summed E-state index contributed by atoms with van der Waals surface area (Å²) in [4.78, 5) is 20.1. The van der Waals surface area contributed by atoms with E-state index in [1.807, 2.05) is 4.90 Å². The molecule has 0 spiro atoms. The van der Waals surface area contributed by atoms with Crippen LogP contribution in [0.5, 0.6) is 0 Å². The van der Waals surface area contributed by atoms with E-state index >= 15 is 0 Å². The van der Waals surface area contributed by atoms with Gasteiger partial charge in [-0.3, -0.25) is 14.6 Å². The van der Waals surface area contributed by atoms with Crippen LogP contribution < -0.4 is 0 Å². The first-order chi connectivity index (χ1) is 16.7. The minimum Gasteiger partial charge on any atom is -0.393 e. The van der Waals surface area contributed by atoms with Crippen LogP contribution in [0.3, 0.4) is 0 Å². The third kappa shape index (κ3) is 5.62. The van der Waals surface area contributed by atoms with Crippen molar-refractivity contribution in [1.29, 1.82) is 0 Å². The van der Waals surface area contributed by atoms with Crippen LogP contribution in [-0.4, -0.2) is 90.3 Å². The topological polar surface area (TPSA) is 56.2 Å². The van der Waals surface area contributed by atoms with Crippen molar-refractivity contribution < 1.29 is 14.6 Å². The molecule has 0 aromatic heterocycles. The monoisotopic (exact) mass is 465 g/mol. The first-order valence-electron chi connectivity index (χ1n) is 13.1. The summed E-state index contributed by atoms with van der Waals surface area (Å²) in [6, 6.07) is 15.8. The zero-order chi connectivity index (χ0) is 23.3. The van der Waals surface area contributed by atoms with Crippen LogP contribution in [0, 0.1) is 5.92 Å². The summed E-state index contributed by atoms with van der Waals surface area (Å²) >= 11 is 0. The van der Waals surface area contributed by atoms with Gasteiger partial charge < -0.3 is 14.7 Å². The highest BCUT2D eigenvalue weighted by atomic mass is 16.5. The van der Waals surface area contributed by atoms with Gasteiger partial charge >= 0.3 is 0 Å². The van der Waals surface area contributed by atoms with Gasteiger partial charge in [0.25, 0.3) is 0 Å². The van der Waals surface area contributed by atoms with E-state index in [0.717, 1.165) is 58.8 Å². The Morgan fingerprint density at radius 3 is 2.53 bits per heavy atom. The van der Waals surface area contributed by atoms with Gasteiger partial charge in [-0.25, -0.2) is 0 Å². The molecule has 2 aromatic carbocycles. The number of aliphatic hydroxyl groups is 1. The standard InChI is InChI=1S/C28H39N3O3/c32-25-10-14-31(15-11-25)28(33)9-8-24-21-29(13-12-27(24)30-16-18-34-19-17-30)20-23-6-3-5-22-4-1-2-7-26(22)23/h1-7,24-25,27,32H,8-21H2/t24-,27+/m1/s1. The minimum atomic E-state index is -0.240. The maximum Gasteiger partial charge on any atom is 0.222 e. The Hall–Kier alpha value is -1.99. The molecule has 5 rings (SSSR count). The first-order valence-corrected chi connectivity index (χ1v) is 13.1. The van der Waals surface area contributed by atoms with Gasteiger partial charge in [0.05, 0.1) is 19.3 Å². The highest BCUT2D eigenvalue weighted by molar-refractivity contribution is 5.85. The third-order valence-corrected chi connectivity index (χ3v) is 8.11. The molecule has 0 radical (unpaired) electrons. The van der Waals surface area contributed by atoms with Crippen molar-refractivity contribution in [2.45, 2.75) is 50.8 Å². The molecule has 2 aromatic rings. The molecule has 0 aliphatic carbocycles. The lowest BCUT2D eigenvalue weighted by molar-refractivity contribution is -0.133.